The van der Waals surface area contributed by atoms with Crippen molar-refractivity contribution in [3.05, 3.63) is 59.2 Å². The van der Waals surface area contributed by atoms with Crippen LogP contribution in [0.1, 0.15) is 33.2 Å². The number of rotatable bonds is 4. The second kappa shape index (κ2) is 5.57. The van der Waals surface area contributed by atoms with E-state index < -0.39 is 11.6 Å². The predicted octanol–water partition coefficient (Wildman–Crippen LogP) is 2.48. The molecular formula is C16H16N2O2. The Labute approximate surface area is 117 Å². The molecule has 0 heterocycles. The summed E-state index contributed by atoms with van der Waals surface area (Å²) in [5, 5.41) is 0. The van der Waals surface area contributed by atoms with Gasteiger partial charge in [0.15, 0.2) is 0 Å². The molecule has 4 N–H and O–H groups in total. The highest BCUT2D eigenvalue weighted by atomic mass is 16.2. The first-order valence-corrected chi connectivity index (χ1v) is 6.37. The molecule has 0 bridgehead atoms. The number of nitrogens with two attached hydrogens (primary N) is 2. The summed E-state index contributed by atoms with van der Waals surface area (Å²) in [6, 6.07) is 11.7. The topological polar surface area (TPSA) is 86.2 Å². The van der Waals surface area contributed by atoms with Crippen LogP contribution in [0.2, 0.25) is 0 Å². The fourth-order valence-corrected chi connectivity index (χ4v) is 2.13. The van der Waals surface area contributed by atoms with Gasteiger partial charge in [0.25, 0.3) is 0 Å². The number of hydrogen-bond acceptors (Lipinski definition) is 4. The lowest BCUT2D eigenvalue weighted by atomic mass is 9.94. The Morgan fingerprint density at radius 3 is 2.20 bits per heavy atom. The SMILES string of the molecule is CCc1cccc(N)c1C(=O)C(=O)c1ccccc1N. The molecule has 0 aliphatic rings. The summed E-state index contributed by atoms with van der Waals surface area (Å²) < 4.78 is 0. The smallest absolute Gasteiger partial charge is 0.235 e. The summed E-state index contributed by atoms with van der Waals surface area (Å²) in [7, 11) is 0. The molecule has 0 aliphatic carbocycles. The standard InChI is InChI=1S/C16H16N2O2/c1-2-10-6-5-9-13(18)14(10)16(20)15(19)11-7-3-4-8-12(11)17/h3-9H,2,17-18H2,1H3. The molecule has 0 spiro atoms. The van der Waals surface area contributed by atoms with Crippen LogP contribution in [0, 0.1) is 0 Å². The van der Waals surface area contributed by atoms with E-state index in [1.807, 2.05) is 6.92 Å². The second-order valence-electron chi connectivity index (χ2n) is 4.48. The van der Waals surface area contributed by atoms with Crippen molar-refractivity contribution in [1.82, 2.24) is 0 Å². The van der Waals surface area contributed by atoms with Crippen molar-refractivity contribution in [3.8, 4) is 0 Å². The van der Waals surface area contributed by atoms with Crippen LogP contribution in [0.25, 0.3) is 0 Å². The number of carbonyl (C=O) groups excluding carboxylic acids is 2. The summed E-state index contributed by atoms with van der Waals surface area (Å²) in [5.41, 5.74) is 13.4. The Balaban J connectivity index is 2.48. The summed E-state index contributed by atoms with van der Waals surface area (Å²) in [6.07, 6.45) is 0.629. The van der Waals surface area contributed by atoms with Crippen LogP contribution in [0.5, 0.6) is 0 Å². The van der Waals surface area contributed by atoms with Gasteiger partial charge in [-0.3, -0.25) is 9.59 Å². The number of ketones is 2. The number of Topliss-reactive ketones (excluding diaryl/α,β-unsaturated/α-hetero) is 2. The third-order valence-corrected chi connectivity index (χ3v) is 3.20. The van der Waals surface area contributed by atoms with E-state index in [4.69, 9.17) is 11.5 Å². The number of nitrogen functional groups attached to an aromatic ring is 2. The molecule has 2 aromatic rings. The monoisotopic (exact) mass is 268 g/mol. The lowest BCUT2D eigenvalue weighted by Crippen LogP contribution is -2.19. The van der Waals surface area contributed by atoms with E-state index in [0.29, 0.717) is 17.8 Å². The molecule has 0 saturated carbocycles. The lowest BCUT2D eigenvalue weighted by molar-refractivity contribution is 0.0817. The molecule has 0 aromatic heterocycles. The van der Waals surface area contributed by atoms with Gasteiger partial charge in [-0.2, -0.15) is 0 Å². The van der Waals surface area contributed by atoms with Gasteiger partial charge in [0.2, 0.25) is 11.6 Å². The van der Waals surface area contributed by atoms with Gasteiger partial charge in [0.1, 0.15) is 0 Å². The van der Waals surface area contributed by atoms with Crippen LogP contribution in [0.15, 0.2) is 42.5 Å². The number of benzene rings is 2. The van der Waals surface area contributed by atoms with Crippen molar-refractivity contribution < 1.29 is 9.59 Å². The van der Waals surface area contributed by atoms with Gasteiger partial charge < -0.3 is 11.5 Å². The number of hydrogen-bond donors (Lipinski definition) is 2. The van der Waals surface area contributed by atoms with E-state index in [2.05, 4.69) is 0 Å². The van der Waals surface area contributed by atoms with Gasteiger partial charge in [-0.05, 0) is 30.2 Å². The fourth-order valence-electron chi connectivity index (χ4n) is 2.13. The quantitative estimate of drug-likeness (QED) is 0.506. The first-order valence-electron chi connectivity index (χ1n) is 6.37. The summed E-state index contributed by atoms with van der Waals surface area (Å²) in [4.78, 5) is 24.7. The van der Waals surface area contributed by atoms with Crippen molar-refractivity contribution in [3.63, 3.8) is 0 Å². The fraction of sp³-hybridized carbons (Fsp3) is 0.125. The average molecular weight is 268 g/mol. The zero-order chi connectivity index (χ0) is 14.7. The molecule has 0 unspecified atom stereocenters. The maximum absolute atomic E-state index is 12.4. The van der Waals surface area contributed by atoms with Crippen LogP contribution in [0.4, 0.5) is 11.4 Å². The maximum atomic E-state index is 12.4. The number of aryl methyl sites for hydroxylation is 1. The number of para-hydroxylation sites is 1. The number of anilines is 2. The normalized spacial score (nSPS) is 10.2. The van der Waals surface area contributed by atoms with Crippen molar-refractivity contribution in [2.24, 2.45) is 0 Å². The molecule has 0 saturated heterocycles. The summed E-state index contributed by atoms with van der Waals surface area (Å²) in [6.45, 7) is 1.91. The van der Waals surface area contributed by atoms with E-state index >= 15 is 0 Å². The van der Waals surface area contributed by atoms with Gasteiger partial charge in [-0.25, -0.2) is 0 Å². The Hall–Kier alpha value is -2.62. The molecule has 0 fully saturated rings. The van der Waals surface area contributed by atoms with Gasteiger partial charge in [-0.15, -0.1) is 0 Å². The van der Waals surface area contributed by atoms with Crippen LogP contribution >= 0.6 is 0 Å². The predicted molar refractivity (Wildman–Crippen MR) is 79.7 cm³/mol. The Morgan fingerprint density at radius 2 is 1.55 bits per heavy atom. The van der Waals surface area contributed by atoms with Crippen molar-refractivity contribution in [1.29, 1.82) is 0 Å². The van der Waals surface area contributed by atoms with Gasteiger partial charge in [0, 0.05) is 16.9 Å². The van der Waals surface area contributed by atoms with Crippen LogP contribution in [0.3, 0.4) is 0 Å². The Morgan fingerprint density at radius 1 is 0.900 bits per heavy atom. The molecule has 0 radical (unpaired) electrons. The minimum absolute atomic E-state index is 0.211. The minimum atomic E-state index is -0.629. The molecule has 0 atom stereocenters. The zero-order valence-corrected chi connectivity index (χ0v) is 11.2. The van der Waals surface area contributed by atoms with Crippen LogP contribution in [-0.2, 0) is 6.42 Å². The first-order chi connectivity index (χ1) is 9.56. The van der Waals surface area contributed by atoms with Crippen molar-refractivity contribution in [2.45, 2.75) is 13.3 Å². The van der Waals surface area contributed by atoms with Gasteiger partial charge >= 0.3 is 0 Å². The molecular weight excluding hydrogens is 252 g/mol. The van der Waals surface area contributed by atoms with Crippen molar-refractivity contribution >= 4 is 22.9 Å². The van der Waals surface area contributed by atoms with Crippen molar-refractivity contribution in [2.75, 3.05) is 11.5 Å². The van der Waals surface area contributed by atoms with E-state index in [1.165, 1.54) is 0 Å². The molecule has 102 valence electrons. The average Bonchev–Trinajstić information content (AvgIpc) is 2.46. The van der Waals surface area contributed by atoms with E-state index in [-0.39, 0.29) is 11.1 Å². The van der Waals surface area contributed by atoms with Gasteiger partial charge in [-0.1, -0.05) is 31.2 Å². The molecule has 20 heavy (non-hydrogen) atoms. The third-order valence-electron chi connectivity index (χ3n) is 3.20. The highest BCUT2D eigenvalue weighted by Crippen LogP contribution is 2.21. The van der Waals surface area contributed by atoms with Crippen LogP contribution < -0.4 is 11.5 Å². The molecule has 0 aliphatic heterocycles. The maximum Gasteiger partial charge on any atom is 0.235 e. The molecule has 2 aromatic carbocycles. The number of carbonyl (C=O) groups is 2. The highest BCUT2D eigenvalue weighted by molar-refractivity contribution is 6.51. The summed E-state index contributed by atoms with van der Waals surface area (Å²) >= 11 is 0. The Bertz CT molecular complexity index is 678. The minimum Gasteiger partial charge on any atom is -0.398 e. The Kier molecular flexibility index (Phi) is 3.84. The molecule has 4 nitrogen and oxygen atoms in total. The zero-order valence-electron chi connectivity index (χ0n) is 11.2. The second-order valence-corrected chi connectivity index (χ2v) is 4.48. The van der Waals surface area contributed by atoms with Gasteiger partial charge in [0.05, 0.1) is 5.56 Å². The lowest BCUT2D eigenvalue weighted by Gasteiger charge is -2.10. The third kappa shape index (κ3) is 2.40. The molecule has 4 heteroatoms. The van der Waals surface area contributed by atoms with Crippen LogP contribution in [-0.4, -0.2) is 11.6 Å². The summed E-state index contributed by atoms with van der Waals surface area (Å²) in [5.74, 6) is -1.24. The molecule has 0 amide bonds. The van der Waals surface area contributed by atoms with E-state index in [0.717, 1.165) is 5.56 Å². The van der Waals surface area contributed by atoms with E-state index in [9.17, 15) is 9.59 Å². The first kappa shape index (κ1) is 13.8. The van der Waals surface area contributed by atoms with E-state index in [1.54, 1.807) is 42.5 Å². The molecule has 2 rings (SSSR count). The largest absolute Gasteiger partial charge is 0.398 e. The highest BCUT2D eigenvalue weighted by Gasteiger charge is 2.24.